The van der Waals surface area contributed by atoms with Crippen molar-refractivity contribution in [2.45, 2.75) is 13.2 Å². The first kappa shape index (κ1) is 13.6. The van der Waals surface area contributed by atoms with E-state index < -0.39 is 0 Å². The van der Waals surface area contributed by atoms with Gasteiger partial charge in [0.2, 0.25) is 0 Å². The summed E-state index contributed by atoms with van der Waals surface area (Å²) in [7, 11) is 1.87. The van der Waals surface area contributed by atoms with Gasteiger partial charge in [0.25, 0.3) is 0 Å². The molecule has 0 bridgehead atoms. The van der Waals surface area contributed by atoms with Gasteiger partial charge in [-0.3, -0.25) is 9.47 Å². The van der Waals surface area contributed by atoms with E-state index in [0.717, 1.165) is 11.1 Å². The summed E-state index contributed by atoms with van der Waals surface area (Å²) in [5.41, 5.74) is 2.19. The lowest BCUT2D eigenvalue weighted by molar-refractivity contribution is 0.253. The molecule has 0 fully saturated rings. The highest BCUT2D eigenvalue weighted by Crippen LogP contribution is 2.13. The molecule has 3 rings (SSSR count). The third kappa shape index (κ3) is 2.87. The van der Waals surface area contributed by atoms with Crippen LogP contribution in [0.3, 0.4) is 0 Å². The summed E-state index contributed by atoms with van der Waals surface area (Å²) < 4.78 is 19.9. The molecule has 0 spiro atoms. The third-order valence-electron chi connectivity index (χ3n) is 3.30. The van der Waals surface area contributed by atoms with Crippen molar-refractivity contribution in [2.24, 2.45) is 0 Å². The molecular weight excluding hydrogens is 271 g/mol. The first-order valence-electron chi connectivity index (χ1n) is 6.65. The zero-order valence-electron chi connectivity index (χ0n) is 11.6. The van der Waals surface area contributed by atoms with Crippen molar-refractivity contribution >= 4 is 11.1 Å². The summed E-state index contributed by atoms with van der Waals surface area (Å²) in [5, 5.41) is 0. The van der Waals surface area contributed by atoms with E-state index in [1.165, 1.54) is 12.1 Å². The first-order chi connectivity index (χ1) is 10.1. The summed E-state index contributed by atoms with van der Waals surface area (Å²) in [5.74, 6) is -0.644. The molecule has 21 heavy (non-hydrogen) atoms. The van der Waals surface area contributed by atoms with Crippen LogP contribution in [-0.2, 0) is 13.2 Å². The molecular formula is C16H15FN2O2. The molecule has 0 saturated heterocycles. The summed E-state index contributed by atoms with van der Waals surface area (Å²) in [4.78, 5) is 13.8. The quantitative estimate of drug-likeness (QED) is 0.740. The molecule has 0 N–H and O–H groups in total. The predicted octanol–water partition coefficient (Wildman–Crippen LogP) is 2.82. The molecule has 2 aromatic carbocycles. The number of benzene rings is 2. The number of aromatic nitrogens is 1. The van der Waals surface area contributed by atoms with Crippen molar-refractivity contribution in [2.75, 3.05) is 7.05 Å². The smallest absolute Gasteiger partial charge is 0.408 e. The highest BCUT2D eigenvalue weighted by molar-refractivity contribution is 5.72. The Morgan fingerprint density at radius 1 is 1.19 bits per heavy atom. The molecule has 0 atom stereocenters. The van der Waals surface area contributed by atoms with Gasteiger partial charge in [0.15, 0.2) is 5.58 Å². The fourth-order valence-corrected chi connectivity index (χ4v) is 2.39. The molecule has 4 nitrogen and oxygen atoms in total. The fraction of sp³-hybridized carbons (Fsp3) is 0.188. The Balaban J connectivity index is 1.82. The van der Waals surface area contributed by atoms with E-state index in [2.05, 4.69) is 0 Å². The van der Waals surface area contributed by atoms with E-state index in [-0.39, 0.29) is 11.6 Å². The highest BCUT2D eigenvalue weighted by atomic mass is 19.1. The Labute approximate surface area is 121 Å². The number of halogens is 1. The van der Waals surface area contributed by atoms with E-state index >= 15 is 0 Å². The molecule has 0 aliphatic rings. The summed E-state index contributed by atoms with van der Waals surface area (Å²) in [6, 6.07) is 13.7. The molecule has 1 aromatic heterocycles. The van der Waals surface area contributed by atoms with Crippen molar-refractivity contribution in [3.8, 4) is 0 Å². The Morgan fingerprint density at radius 3 is 2.81 bits per heavy atom. The number of fused-ring (bicyclic) bond motifs is 1. The van der Waals surface area contributed by atoms with Gasteiger partial charge in [0, 0.05) is 6.54 Å². The van der Waals surface area contributed by atoms with E-state index in [0.29, 0.717) is 18.8 Å². The molecule has 3 aromatic rings. The lowest BCUT2D eigenvalue weighted by Crippen LogP contribution is -2.27. The number of hydrogen-bond donors (Lipinski definition) is 0. The molecule has 0 amide bonds. The van der Waals surface area contributed by atoms with Crippen LogP contribution in [0.5, 0.6) is 0 Å². The van der Waals surface area contributed by atoms with Crippen LogP contribution >= 0.6 is 0 Å². The minimum Gasteiger partial charge on any atom is -0.408 e. The normalized spacial score (nSPS) is 11.4. The van der Waals surface area contributed by atoms with Crippen LogP contribution in [0.15, 0.2) is 57.7 Å². The molecule has 5 heteroatoms. The Morgan fingerprint density at radius 2 is 2.00 bits per heavy atom. The van der Waals surface area contributed by atoms with Crippen molar-refractivity contribution in [3.63, 3.8) is 0 Å². The minimum atomic E-state index is -0.387. The Kier molecular flexibility index (Phi) is 3.58. The van der Waals surface area contributed by atoms with Crippen molar-refractivity contribution in [3.05, 3.63) is 70.5 Å². The zero-order chi connectivity index (χ0) is 14.8. The lowest BCUT2D eigenvalue weighted by atomic mass is 10.2. The second-order valence-electron chi connectivity index (χ2n) is 5.05. The SMILES string of the molecule is CN(Cc1cccc(F)c1)Cn1c(=O)oc2ccccc21. The van der Waals surface area contributed by atoms with Gasteiger partial charge in [0.1, 0.15) is 5.82 Å². The van der Waals surface area contributed by atoms with Crippen LogP contribution in [0.1, 0.15) is 5.56 Å². The Hall–Kier alpha value is -2.40. The van der Waals surface area contributed by atoms with Crippen molar-refractivity contribution in [1.82, 2.24) is 9.47 Å². The van der Waals surface area contributed by atoms with Gasteiger partial charge in [-0.15, -0.1) is 0 Å². The maximum Gasteiger partial charge on any atom is 0.421 e. The van der Waals surface area contributed by atoms with E-state index in [1.807, 2.05) is 36.2 Å². The number of oxazole rings is 1. The fourth-order valence-electron chi connectivity index (χ4n) is 2.39. The Bertz CT molecular complexity index is 822. The zero-order valence-corrected chi connectivity index (χ0v) is 11.6. The van der Waals surface area contributed by atoms with Gasteiger partial charge in [-0.2, -0.15) is 0 Å². The second kappa shape index (κ2) is 5.54. The van der Waals surface area contributed by atoms with Crippen LogP contribution in [0, 0.1) is 5.82 Å². The van der Waals surface area contributed by atoms with E-state index in [4.69, 9.17) is 4.42 Å². The van der Waals surface area contributed by atoms with Crippen LogP contribution in [-0.4, -0.2) is 16.5 Å². The standard InChI is InChI=1S/C16H15FN2O2/c1-18(10-12-5-4-6-13(17)9-12)11-19-14-7-2-3-8-15(14)21-16(19)20/h2-9H,10-11H2,1H3. The topological polar surface area (TPSA) is 38.4 Å². The number of para-hydroxylation sites is 2. The molecule has 0 saturated carbocycles. The maximum absolute atomic E-state index is 13.2. The van der Waals surface area contributed by atoms with Crippen molar-refractivity contribution < 1.29 is 8.81 Å². The minimum absolute atomic E-state index is 0.258. The molecule has 108 valence electrons. The van der Waals surface area contributed by atoms with Gasteiger partial charge in [-0.25, -0.2) is 9.18 Å². The first-order valence-corrected chi connectivity index (χ1v) is 6.65. The van der Waals surface area contributed by atoms with Gasteiger partial charge in [-0.05, 0) is 36.9 Å². The van der Waals surface area contributed by atoms with E-state index in [1.54, 1.807) is 16.7 Å². The number of nitrogens with zero attached hydrogens (tertiary/aromatic N) is 2. The summed E-state index contributed by atoms with van der Waals surface area (Å²) >= 11 is 0. The maximum atomic E-state index is 13.2. The average molecular weight is 286 g/mol. The lowest BCUT2D eigenvalue weighted by Gasteiger charge is -2.17. The van der Waals surface area contributed by atoms with Gasteiger partial charge < -0.3 is 4.42 Å². The largest absolute Gasteiger partial charge is 0.421 e. The molecule has 0 aliphatic heterocycles. The molecule has 0 unspecified atom stereocenters. The average Bonchev–Trinajstić information content (AvgIpc) is 2.75. The predicted molar refractivity (Wildman–Crippen MR) is 78.3 cm³/mol. The van der Waals surface area contributed by atoms with Gasteiger partial charge in [-0.1, -0.05) is 24.3 Å². The van der Waals surface area contributed by atoms with Crippen LogP contribution in [0.25, 0.3) is 11.1 Å². The highest BCUT2D eigenvalue weighted by Gasteiger charge is 2.10. The summed E-state index contributed by atoms with van der Waals surface area (Å²) in [6.45, 7) is 0.927. The van der Waals surface area contributed by atoms with Crippen LogP contribution in [0.4, 0.5) is 4.39 Å². The van der Waals surface area contributed by atoms with Crippen molar-refractivity contribution in [1.29, 1.82) is 0 Å². The monoisotopic (exact) mass is 286 g/mol. The number of hydrogen-bond acceptors (Lipinski definition) is 3. The number of rotatable bonds is 4. The van der Waals surface area contributed by atoms with Crippen LogP contribution < -0.4 is 5.76 Å². The van der Waals surface area contributed by atoms with Gasteiger partial charge in [0.05, 0.1) is 12.2 Å². The van der Waals surface area contributed by atoms with Crippen LogP contribution in [0.2, 0.25) is 0 Å². The van der Waals surface area contributed by atoms with Gasteiger partial charge >= 0.3 is 5.76 Å². The third-order valence-corrected chi connectivity index (χ3v) is 3.30. The molecule has 0 aliphatic carbocycles. The molecule has 1 heterocycles. The molecule has 0 radical (unpaired) electrons. The summed E-state index contributed by atoms with van der Waals surface area (Å²) in [6.07, 6.45) is 0. The van der Waals surface area contributed by atoms with E-state index in [9.17, 15) is 9.18 Å². The second-order valence-corrected chi connectivity index (χ2v) is 5.05.